The van der Waals surface area contributed by atoms with Gasteiger partial charge in [-0.25, -0.2) is 19.2 Å². The van der Waals surface area contributed by atoms with E-state index in [-0.39, 0.29) is 53.1 Å². The summed E-state index contributed by atoms with van der Waals surface area (Å²) in [5, 5.41) is 14.3. The molecule has 0 saturated heterocycles. The Kier molecular flexibility index (Phi) is 16.7. The van der Waals surface area contributed by atoms with Gasteiger partial charge in [0.05, 0.1) is 19.2 Å². The maximum atomic E-state index is 11.6. The van der Waals surface area contributed by atoms with Crippen molar-refractivity contribution in [1.82, 2.24) is 10.6 Å². The van der Waals surface area contributed by atoms with E-state index in [1.54, 1.807) is 32.9 Å². The van der Waals surface area contributed by atoms with Crippen molar-refractivity contribution in [2.45, 2.75) is 103 Å². The molecule has 12 heteroatoms. The van der Waals surface area contributed by atoms with Crippen LogP contribution in [0.5, 0.6) is 0 Å². The number of ether oxygens (including phenoxy) is 3. The maximum Gasteiger partial charge on any atom is 1.00 e. The summed E-state index contributed by atoms with van der Waals surface area (Å²) in [6.45, 7) is 10.8. The van der Waals surface area contributed by atoms with E-state index in [1.165, 1.54) is 7.11 Å². The van der Waals surface area contributed by atoms with E-state index in [2.05, 4.69) is 15.4 Å². The molecule has 37 heavy (non-hydrogen) atoms. The van der Waals surface area contributed by atoms with Crippen molar-refractivity contribution in [3.05, 3.63) is 23.3 Å². The SMILES string of the molecule is CC(C)(C)OC(=O)NC1C=C(C(=O)O)CCC1.COC(=O)C1=CC(NC(=O)OC(C)(C)C)CCC1.[Na+].[OH-]. The zero-order valence-electron chi connectivity index (χ0n) is 23.3. The minimum atomic E-state index is -0.916. The van der Waals surface area contributed by atoms with Gasteiger partial charge in [0.1, 0.15) is 11.2 Å². The topological polar surface area (TPSA) is 170 Å². The van der Waals surface area contributed by atoms with Gasteiger partial charge in [0, 0.05) is 11.1 Å². The number of carboxylic acid groups (broad SMARTS) is 1. The molecule has 11 nitrogen and oxygen atoms in total. The van der Waals surface area contributed by atoms with Gasteiger partial charge in [-0.2, -0.15) is 0 Å². The van der Waals surface area contributed by atoms with Gasteiger partial charge in [-0.05, 0) is 80.1 Å². The van der Waals surface area contributed by atoms with Crippen LogP contribution in [0.4, 0.5) is 9.59 Å². The molecule has 206 valence electrons. The molecule has 2 amide bonds. The predicted molar refractivity (Wildman–Crippen MR) is 132 cm³/mol. The summed E-state index contributed by atoms with van der Waals surface area (Å²) < 4.78 is 14.9. The first-order valence-electron chi connectivity index (χ1n) is 11.8. The molecular weight excluding hydrogens is 495 g/mol. The quantitative estimate of drug-likeness (QED) is 0.270. The molecule has 4 N–H and O–H groups in total. The van der Waals surface area contributed by atoms with E-state index in [9.17, 15) is 19.2 Å². The Morgan fingerprint density at radius 2 is 1.19 bits per heavy atom. The number of aliphatic carboxylic acids is 1. The van der Waals surface area contributed by atoms with Gasteiger partial charge in [0.15, 0.2) is 0 Å². The summed E-state index contributed by atoms with van der Waals surface area (Å²) in [5.41, 5.74) is -0.0896. The van der Waals surface area contributed by atoms with Crippen LogP contribution in [0, 0.1) is 0 Å². The molecule has 0 heterocycles. The van der Waals surface area contributed by atoms with Crippen LogP contribution in [0.25, 0.3) is 0 Å². The molecule has 2 unspecified atom stereocenters. The van der Waals surface area contributed by atoms with E-state index < -0.39 is 29.4 Å². The summed E-state index contributed by atoms with van der Waals surface area (Å²) in [6.07, 6.45) is 6.78. The van der Waals surface area contributed by atoms with E-state index in [1.807, 2.05) is 20.8 Å². The van der Waals surface area contributed by atoms with Crippen molar-refractivity contribution in [2.75, 3.05) is 7.11 Å². The Hall–Kier alpha value is -2.08. The first-order valence-corrected chi connectivity index (χ1v) is 11.8. The summed E-state index contributed by atoms with van der Waals surface area (Å²) >= 11 is 0. The van der Waals surface area contributed by atoms with Crippen molar-refractivity contribution in [1.29, 1.82) is 0 Å². The first-order chi connectivity index (χ1) is 16.1. The number of methoxy groups -OCH3 is 1. The molecule has 0 spiro atoms. The Balaban J connectivity index is 0. The van der Waals surface area contributed by atoms with Gasteiger partial charge in [-0.3, -0.25) is 0 Å². The minimum Gasteiger partial charge on any atom is -0.870 e. The Labute approximate surface area is 241 Å². The normalized spacial score (nSPS) is 19.0. The summed E-state index contributed by atoms with van der Waals surface area (Å²) in [5.74, 6) is -1.24. The number of amides is 2. The van der Waals surface area contributed by atoms with Crippen LogP contribution in [0.15, 0.2) is 23.3 Å². The van der Waals surface area contributed by atoms with Crippen LogP contribution in [0.2, 0.25) is 0 Å². The predicted octanol–water partition coefficient (Wildman–Crippen LogP) is 1.06. The van der Waals surface area contributed by atoms with Crippen LogP contribution >= 0.6 is 0 Å². The second-order valence-electron chi connectivity index (χ2n) is 10.5. The molecule has 0 fully saturated rings. The molecule has 0 radical (unpaired) electrons. The molecule has 0 aromatic heterocycles. The number of nitrogens with one attached hydrogen (secondary N) is 2. The third-order valence-corrected chi connectivity index (χ3v) is 4.85. The zero-order valence-corrected chi connectivity index (χ0v) is 25.3. The second kappa shape index (κ2) is 16.7. The molecule has 0 aromatic carbocycles. The summed E-state index contributed by atoms with van der Waals surface area (Å²) in [7, 11) is 1.36. The van der Waals surface area contributed by atoms with Crippen molar-refractivity contribution >= 4 is 24.1 Å². The zero-order chi connectivity index (χ0) is 26.8. The van der Waals surface area contributed by atoms with Crippen molar-refractivity contribution in [3.8, 4) is 0 Å². The number of carbonyl (C=O) groups excluding carboxylic acids is 3. The van der Waals surface area contributed by atoms with E-state index in [0.29, 0.717) is 24.0 Å². The Morgan fingerprint density at radius 3 is 1.54 bits per heavy atom. The standard InChI is InChI=1S/C13H21NO4.C12H19NO4.Na.H2O/c1-13(2,3)18-12(16)14-10-7-5-6-9(8-10)11(15)17-4;1-12(2,3)17-11(16)13-9-6-4-5-8(7-9)10(14)15;;/h8,10H,5-7H2,1-4H3,(H,14,16);7,9H,4-6H2,1-3H3,(H,13,16)(H,14,15);;1H2/q;;+1;/p-1. The fraction of sp³-hybridized carbons (Fsp3) is 0.680. The number of carbonyl (C=O) groups is 4. The molecule has 2 rings (SSSR count). The van der Waals surface area contributed by atoms with Crippen molar-refractivity contribution in [2.24, 2.45) is 0 Å². The molecule has 0 aliphatic heterocycles. The fourth-order valence-corrected chi connectivity index (χ4v) is 3.47. The fourth-order valence-electron chi connectivity index (χ4n) is 3.47. The largest absolute Gasteiger partial charge is 1.00 e. The van der Waals surface area contributed by atoms with E-state index in [0.717, 1.165) is 25.7 Å². The van der Waals surface area contributed by atoms with Crippen molar-refractivity contribution in [3.63, 3.8) is 0 Å². The number of carboxylic acids is 1. The molecule has 2 aliphatic rings. The Morgan fingerprint density at radius 1 is 0.811 bits per heavy atom. The van der Waals surface area contributed by atoms with Crippen molar-refractivity contribution < 1.29 is 73.5 Å². The molecule has 0 bridgehead atoms. The number of rotatable bonds is 4. The first kappa shape index (κ1) is 37.1. The number of hydrogen-bond donors (Lipinski definition) is 3. The maximum absolute atomic E-state index is 11.6. The summed E-state index contributed by atoms with van der Waals surface area (Å²) in [6, 6.07) is -0.410. The van der Waals surface area contributed by atoms with Crippen LogP contribution in [-0.4, -0.2) is 65.1 Å². The van der Waals surface area contributed by atoms with Crippen LogP contribution in [0.3, 0.4) is 0 Å². The summed E-state index contributed by atoms with van der Waals surface area (Å²) in [4.78, 5) is 45.3. The van der Waals surface area contributed by atoms with Gasteiger partial charge < -0.3 is 35.4 Å². The number of alkyl carbamates (subject to hydrolysis) is 2. The minimum absolute atomic E-state index is 0. The Bertz CT molecular complexity index is 842. The van der Waals surface area contributed by atoms with E-state index in [4.69, 9.17) is 14.6 Å². The average molecular weight is 537 g/mol. The van der Waals surface area contributed by atoms with Gasteiger partial charge >= 0.3 is 53.7 Å². The van der Waals surface area contributed by atoms with Crippen LogP contribution in [-0.2, 0) is 23.8 Å². The van der Waals surface area contributed by atoms with Crippen LogP contribution < -0.4 is 40.2 Å². The van der Waals surface area contributed by atoms with Gasteiger partial charge in [-0.1, -0.05) is 12.2 Å². The van der Waals surface area contributed by atoms with Gasteiger partial charge in [0.2, 0.25) is 0 Å². The third-order valence-electron chi connectivity index (χ3n) is 4.85. The number of hydrogen-bond acceptors (Lipinski definition) is 8. The number of esters is 1. The van der Waals surface area contributed by atoms with Gasteiger partial charge in [0.25, 0.3) is 0 Å². The monoisotopic (exact) mass is 536 g/mol. The molecule has 2 aliphatic carbocycles. The van der Waals surface area contributed by atoms with E-state index >= 15 is 0 Å². The molecule has 0 aromatic rings. The van der Waals surface area contributed by atoms with Crippen LogP contribution in [0.1, 0.15) is 80.1 Å². The smallest absolute Gasteiger partial charge is 0.870 e. The molecule has 2 atom stereocenters. The van der Waals surface area contributed by atoms with Gasteiger partial charge in [-0.15, -0.1) is 0 Å². The second-order valence-corrected chi connectivity index (χ2v) is 10.5. The molecular formula is C25H41N2NaO9. The third kappa shape index (κ3) is 16.4. The average Bonchev–Trinajstić information content (AvgIpc) is 2.71. The molecule has 0 saturated carbocycles.